The molecule has 4 rings (SSSR count). The van der Waals surface area contributed by atoms with Crippen molar-refractivity contribution in [3.05, 3.63) is 95.6 Å². The van der Waals surface area contributed by atoms with E-state index in [1.165, 1.54) is 0 Å². The predicted molar refractivity (Wildman–Crippen MR) is 127 cm³/mol. The van der Waals surface area contributed by atoms with E-state index in [2.05, 4.69) is 22.8 Å². The first-order valence-electron chi connectivity index (χ1n) is 10.1. The molecule has 1 aliphatic heterocycles. The minimum atomic E-state index is -0.511. The Kier molecular flexibility index (Phi) is 6.00. The van der Waals surface area contributed by atoms with Crippen LogP contribution in [0.2, 0.25) is 0 Å². The molecule has 1 heterocycles. The predicted octanol–water partition coefficient (Wildman–Crippen LogP) is 4.17. The number of ether oxygens (including phenoxy) is 1. The molecule has 4 N–H and O–H groups in total. The molecule has 0 bridgehead atoms. The van der Waals surface area contributed by atoms with E-state index >= 15 is 0 Å². The average molecular weight is 430 g/mol. The van der Waals surface area contributed by atoms with E-state index in [4.69, 9.17) is 22.7 Å². The lowest BCUT2D eigenvalue weighted by molar-refractivity contribution is -0.114. The van der Waals surface area contributed by atoms with Crippen LogP contribution < -0.4 is 21.1 Å². The first-order chi connectivity index (χ1) is 15.1. The maximum atomic E-state index is 12.5. The van der Waals surface area contributed by atoms with Gasteiger partial charge in [-0.1, -0.05) is 66.7 Å². The molecule has 31 heavy (non-hydrogen) atoms. The molecule has 0 fully saturated rings. The van der Waals surface area contributed by atoms with E-state index in [0.29, 0.717) is 23.0 Å². The monoisotopic (exact) mass is 429 g/mol. The topological polar surface area (TPSA) is 76.4 Å². The van der Waals surface area contributed by atoms with Crippen molar-refractivity contribution >= 4 is 28.9 Å². The van der Waals surface area contributed by atoms with Crippen molar-refractivity contribution in [2.45, 2.75) is 13.0 Å². The van der Waals surface area contributed by atoms with Crippen molar-refractivity contribution in [2.24, 2.45) is 5.73 Å². The highest BCUT2D eigenvalue weighted by Crippen LogP contribution is 2.32. The highest BCUT2D eigenvalue weighted by Gasteiger charge is 2.30. The smallest absolute Gasteiger partial charge is 0.249 e. The Balaban J connectivity index is 1.74. The minimum absolute atomic E-state index is 0.435. The number of benzene rings is 3. The summed E-state index contributed by atoms with van der Waals surface area (Å²) in [5, 5.41) is 6.74. The molecule has 3 aromatic rings. The van der Waals surface area contributed by atoms with Gasteiger partial charge in [0.15, 0.2) is 5.11 Å². The SMILES string of the molecule is CCOc1ccc(C2NC(=S)NC(c3ccc(-c4ccccc4)cc3)=C2C(N)=O)cc1. The lowest BCUT2D eigenvalue weighted by atomic mass is 9.91. The van der Waals surface area contributed by atoms with Gasteiger partial charge < -0.3 is 21.1 Å². The van der Waals surface area contributed by atoms with Crippen molar-refractivity contribution < 1.29 is 9.53 Å². The van der Waals surface area contributed by atoms with Crippen LogP contribution in [0.15, 0.2) is 84.4 Å². The number of nitrogens with two attached hydrogens (primary N) is 1. The summed E-state index contributed by atoms with van der Waals surface area (Å²) < 4.78 is 5.52. The molecular formula is C25H23N3O2S. The van der Waals surface area contributed by atoms with Crippen LogP contribution in [0, 0.1) is 0 Å². The van der Waals surface area contributed by atoms with Crippen molar-refractivity contribution in [3.63, 3.8) is 0 Å². The molecule has 5 nitrogen and oxygen atoms in total. The van der Waals surface area contributed by atoms with Crippen LogP contribution in [-0.2, 0) is 4.79 Å². The van der Waals surface area contributed by atoms with Crippen LogP contribution in [0.25, 0.3) is 16.8 Å². The molecule has 156 valence electrons. The minimum Gasteiger partial charge on any atom is -0.494 e. The summed E-state index contributed by atoms with van der Waals surface area (Å²) in [4.78, 5) is 12.5. The number of rotatable bonds is 6. The summed E-state index contributed by atoms with van der Waals surface area (Å²) in [6.07, 6.45) is 0. The Labute approximate surface area is 186 Å². The number of hydrogen-bond acceptors (Lipinski definition) is 3. The third-order valence-electron chi connectivity index (χ3n) is 5.14. The standard InChI is InChI=1S/C25H23N3O2S/c1-2-30-20-14-12-19(13-15-20)23-21(24(26)29)22(27-25(31)28-23)18-10-8-17(9-11-18)16-6-4-3-5-7-16/h3-15,23H,2H2,1H3,(H2,26,29)(H2,27,28,31). The zero-order valence-corrected chi connectivity index (χ0v) is 17.9. The molecule has 0 saturated carbocycles. The first-order valence-corrected chi connectivity index (χ1v) is 10.5. The van der Waals surface area contributed by atoms with E-state index in [-0.39, 0.29) is 0 Å². The van der Waals surface area contributed by atoms with E-state index in [9.17, 15) is 4.79 Å². The van der Waals surface area contributed by atoms with Gasteiger partial charge in [-0.05, 0) is 53.5 Å². The third-order valence-corrected chi connectivity index (χ3v) is 5.36. The maximum absolute atomic E-state index is 12.5. The quantitative estimate of drug-likeness (QED) is 0.513. The van der Waals surface area contributed by atoms with Crippen LogP contribution in [0.4, 0.5) is 0 Å². The van der Waals surface area contributed by atoms with E-state index in [1.54, 1.807) is 0 Å². The van der Waals surface area contributed by atoms with Gasteiger partial charge in [-0.2, -0.15) is 0 Å². The molecule has 1 atom stereocenters. The number of primary amides is 1. The van der Waals surface area contributed by atoms with Gasteiger partial charge in [0, 0.05) is 0 Å². The van der Waals surface area contributed by atoms with Crippen molar-refractivity contribution in [3.8, 4) is 16.9 Å². The maximum Gasteiger partial charge on any atom is 0.249 e. The molecule has 1 amide bonds. The molecule has 1 unspecified atom stereocenters. The van der Waals surface area contributed by atoms with Gasteiger partial charge in [0.2, 0.25) is 5.91 Å². The van der Waals surface area contributed by atoms with Crippen molar-refractivity contribution in [1.82, 2.24) is 10.6 Å². The van der Waals surface area contributed by atoms with Gasteiger partial charge in [-0.25, -0.2) is 0 Å². The molecule has 0 spiro atoms. The highest BCUT2D eigenvalue weighted by atomic mass is 32.1. The van der Waals surface area contributed by atoms with Gasteiger partial charge in [-0.15, -0.1) is 0 Å². The summed E-state index contributed by atoms with van der Waals surface area (Å²) in [5.74, 6) is 0.257. The summed E-state index contributed by atoms with van der Waals surface area (Å²) in [5.41, 5.74) is 10.8. The molecule has 1 aliphatic rings. The van der Waals surface area contributed by atoms with Crippen LogP contribution in [0.5, 0.6) is 5.75 Å². The van der Waals surface area contributed by atoms with Crippen LogP contribution >= 0.6 is 12.2 Å². The van der Waals surface area contributed by atoms with E-state index < -0.39 is 11.9 Å². The third kappa shape index (κ3) is 4.44. The fraction of sp³-hybridized carbons (Fsp3) is 0.120. The number of thiocarbonyl (C=S) groups is 1. The second-order valence-corrected chi connectivity index (χ2v) is 7.54. The van der Waals surface area contributed by atoms with E-state index in [1.807, 2.05) is 73.7 Å². The van der Waals surface area contributed by atoms with Gasteiger partial charge in [0.25, 0.3) is 0 Å². The Morgan fingerprint density at radius 1 is 0.935 bits per heavy atom. The molecule has 6 heteroatoms. The number of carbonyl (C=O) groups is 1. The first kappa shape index (κ1) is 20.6. The van der Waals surface area contributed by atoms with Crippen LogP contribution in [0.3, 0.4) is 0 Å². The lowest BCUT2D eigenvalue weighted by Crippen LogP contribution is -2.46. The van der Waals surface area contributed by atoms with Crippen molar-refractivity contribution in [1.29, 1.82) is 0 Å². The van der Waals surface area contributed by atoms with Crippen LogP contribution in [-0.4, -0.2) is 17.6 Å². The highest BCUT2D eigenvalue weighted by molar-refractivity contribution is 7.80. The largest absolute Gasteiger partial charge is 0.494 e. The Bertz CT molecular complexity index is 1120. The van der Waals surface area contributed by atoms with Gasteiger partial charge in [0.1, 0.15) is 5.75 Å². The Morgan fingerprint density at radius 2 is 1.55 bits per heavy atom. The number of hydrogen-bond donors (Lipinski definition) is 3. The molecule has 3 aromatic carbocycles. The molecular weight excluding hydrogens is 406 g/mol. The average Bonchev–Trinajstić information content (AvgIpc) is 2.80. The Hall–Kier alpha value is -3.64. The fourth-order valence-corrected chi connectivity index (χ4v) is 3.91. The Morgan fingerprint density at radius 3 is 2.16 bits per heavy atom. The van der Waals surface area contributed by atoms with Crippen molar-refractivity contribution in [2.75, 3.05) is 6.61 Å². The number of carbonyl (C=O) groups excluding carboxylic acids is 1. The molecule has 0 aliphatic carbocycles. The van der Waals surface area contributed by atoms with Gasteiger partial charge in [0.05, 0.1) is 23.9 Å². The zero-order valence-electron chi connectivity index (χ0n) is 17.1. The van der Waals surface area contributed by atoms with Gasteiger partial charge >= 0.3 is 0 Å². The summed E-state index contributed by atoms with van der Waals surface area (Å²) in [7, 11) is 0. The second-order valence-electron chi connectivity index (χ2n) is 7.13. The fourth-order valence-electron chi connectivity index (χ4n) is 3.69. The summed E-state index contributed by atoms with van der Waals surface area (Å²) in [6, 6.07) is 25.2. The van der Waals surface area contributed by atoms with E-state index in [0.717, 1.165) is 28.0 Å². The normalized spacial score (nSPS) is 15.8. The van der Waals surface area contributed by atoms with Crippen LogP contribution in [0.1, 0.15) is 24.1 Å². The number of nitrogens with one attached hydrogen (secondary N) is 2. The molecule has 0 saturated heterocycles. The summed E-state index contributed by atoms with van der Waals surface area (Å²) >= 11 is 5.44. The zero-order chi connectivity index (χ0) is 21.8. The number of amides is 1. The molecule has 0 aromatic heterocycles. The summed E-state index contributed by atoms with van der Waals surface area (Å²) in [6.45, 7) is 2.52. The molecule has 0 radical (unpaired) electrons. The van der Waals surface area contributed by atoms with Gasteiger partial charge in [-0.3, -0.25) is 4.79 Å². The lowest BCUT2D eigenvalue weighted by Gasteiger charge is -2.31. The second kappa shape index (κ2) is 9.02.